The Morgan fingerprint density at radius 3 is 2.68 bits per heavy atom. The van der Waals surface area contributed by atoms with Crippen LogP contribution in [0.25, 0.3) is 0 Å². The summed E-state index contributed by atoms with van der Waals surface area (Å²) in [5, 5.41) is 0. The van der Waals surface area contributed by atoms with Gasteiger partial charge in [0.15, 0.2) is 6.61 Å². The molecule has 0 aromatic heterocycles. The molecule has 0 radical (unpaired) electrons. The van der Waals surface area contributed by atoms with Crippen LogP contribution in [0.1, 0.15) is 18.4 Å². The van der Waals surface area contributed by atoms with E-state index in [1.54, 1.807) is 0 Å². The van der Waals surface area contributed by atoms with E-state index in [1.807, 2.05) is 36.1 Å². The Morgan fingerprint density at radius 1 is 1.32 bits per heavy atom. The summed E-state index contributed by atoms with van der Waals surface area (Å²) in [4.78, 5) is 14.3. The van der Waals surface area contributed by atoms with E-state index in [2.05, 4.69) is 0 Å². The molecule has 2 bridgehead atoms. The van der Waals surface area contributed by atoms with Crippen molar-refractivity contribution < 1.29 is 14.3 Å². The van der Waals surface area contributed by atoms with E-state index < -0.39 is 0 Å². The van der Waals surface area contributed by atoms with Crippen LogP contribution in [-0.4, -0.2) is 42.7 Å². The van der Waals surface area contributed by atoms with Crippen LogP contribution < -0.4 is 4.74 Å². The second-order valence-corrected chi connectivity index (χ2v) is 5.28. The third-order valence-corrected chi connectivity index (χ3v) is 3.97. The van der Waals surface area contributed by atoms with Crippen LogP contribution in [0.5, 0.6) is 5.75 Å². The Kier molecular flexibility index (Phi) is 3.42. The molecule has 0 spiro atoms. The highest BCUT2D eigenvalue weighted by Gasteiger charge is 2.40. The fourth-order valence-electron chi connectivity index (χ4n) is 2.97. The molecule has 2 atom stereocenters. The second-order valence-electron chi connectivity index (χ2n) is 5.28. The van der Waals surface area contributed by atoms with Crippen molar-refractivity contribution in [3.05, 3.63) is 29.8 Å². The maximum absolute atomic E-state index is 12.3. The summed E-state index contributed by atoms with van der Waals surface area (Å²) in [6, 6.07) is 8.28. The Labute approximate surface area is 113 Å². The topological polar surface area (TPSA) is 38.8 Å². The minimum absolute atomic E-state index is 0.0825. The van der Waals surface area contributed by atoms with Gasteiger partial charge in [-0.2, -0.15) is 0 Å². The summed E-state index contributed by atoms with van der Waals surface area (Å²) < 4.78 is 11.1. The zero-order valence-electron chi connectivity index (χ0n) is 11.2. The van der Waals surface area contributed by atoms with Crippen LogP contribution in [0.3, 0.4) is 0 Å². The van der Waals surface area contributed by atoms with E-state index >= 15 is 0 Å². The number of rotatable bonds is 3. The van der Waals surface area contributed by atoms with E-state index in [0.29, 0.717) is 13.2 Å². The lowest BCUT2D eigenvalue weighted by Crippen LogP contribution is -2.50. The molecule has 2 aliphatic rings. The first kappa shape index (κ1) is 12.5. The SMILES string of the molecule is Cc1ccccc1OCC(=O)N1[C@@H]2CC[C@H]1COC2. The summed E-state index contributed by atoms with van der Waals surface area (Å²) in [6.45, 7) is 3.45. The van der Waals surface area contributed by atoms with E-state index in [1.165, 1.54) is 0 Å². The predicted octanol–water partition coefficient (Wildman–Crippen LogP) is 1.76. The molecule has 2 aliphatic heterocycles. The molecule has 0 saturated carbocycles. The van der Waals surface area contributed by atoms with Crippen LogP contribution in [0, 0.1) is 6.92 Å². The van der Waals surface area contributed by atoms with Gasteiger partial charge in [0.05, 0.1) is 25.3 Å². The third kappa shape index (κ3) is 2.45. The molecular weight excluding hydrogens is 242 g/mol. The normalized spacial score (nSPS) is 25.4. The first-order chi connectivity index (χ1) is 9.25. The molecule has 4 nitrogen and oxygen atoms in total. The van der Waals surface area contributed by atoms with Crippen molar-refractivity contribution in [1.82, 2.24) is 4.90 Å². The Bertz CT molecular complexity index is 458. The molecule has 0 unspecified atom stereocenters. The number of nitrogens with zero attached hydrogens (tertiary/aromatic N) is 1. The number of fused-ring (bicyclic) bond motifs is 2. The number of hydrogen-bond acceptors (Lipinski definition) is 3. The molecule has 0 aliphatic carbocycles. The molecular formula is C15H19NO3. The lowest BCUT2D eigenvalue weighted by molar-refractivity contribution is -0.143. The van der Waals surface area contributed by atoms with Crippen molar-refractivity contribution in [2.75, 3.05) is 19.8 Å². The maximum atomic E-state index is 12.3. The molecule has 2 fully saturated rings. The van der Waals surface area contributed by atoms with Crippen LogP contribution in [0.15, 0.2) is 24.3 Å². The summed E-state index contributed by atoms with van der Waals surface area (Å²) in [7, 11) is 0. The highest BCUT2D eigenvalue weighted by atomic mass is 16.5. The number of amides is 1. The van der Waals surface area contributed by atoms with E-state index in [-0.39, 0.29) is 24.6 Å². The van der Waals surface area contributed by atoms with Gasteiger partial charge in [-0.15, -0.1) is 0 Å². The maximum Gasteiger partial charge on any atom is 0.261 e. The van der Waals surface area contributed by atoms with Gasteiger partial charge in [-0.3, -0.25) is 4.79 Å². The molecule has 2 heterocycles. The van der Waals surface area contributed by atoms with Gasteiger partial charge in [-0.25, -0.2) is 0 Å². The molecule has 102 valence electrons. The summed E-state index contributed by atoms with van der Waals surface area (Å²) in [5.74, 6) is 0.871. The molecule has 1 aromatic carbocycles. The van der Waals surface area contributed by atoms with Crippen LogP contribution in [0.4, 0.5) is 0 Å². The molecule has 1 amide bonds. The van der Waals surface area contributed by atoms with Crippen molar-refractivity contribution in [3.8, 4) is 5.75 Å². The van der Waals surface area contributed by atoms with Crippen LogP contribution >= 0.6 is 0 Å². The Balaban J connectivity index is 1.62. The molecule has 19 heavy (non-hydrogen) atoms. The number of carbonyl (C=O) groups is 1. The van der Waals surface area contributed by atoms with Crippen molar-refractivity contribution in [1.29, 1.82) is 0 Å². The van der Waals surface area contributed by atoms with Gasteiger partial charge < -0.3 is 14.4 Å². The molecule has 2 saturated heterocycles. The Morgan fingerprint density at radius 2 is 2.00 bits per heavy atom. The standard InChI is InChI=1S/C15H19NO3/c1-11-4-2-3-5-14(11)19-10-15(17)16-12-6-7-13(16)9-18-8-12/h2-5,12-13H,6-10H2,1H3/t12-,13+. The highest BCUT2D eigenvalue weighted by Crippen LogP contribution is 2.29. The van der Waals surface area contributed by atoms with Crippen molar-refractivity contribution in [2.24, 2.45) is 0 Å². The number of ether oxygens (including phenoxy) is 2. The minimum atomic E-state index is 0.0825. The number of benzene rings is 1. The number of hydrogen-bond donors (Lipinski definition) is 0. The van der Waals surface area contributed by atoms with Gasteiger partial charge >= 0.3 is 0 Å². The Hall–Kier alpha value is -1.55. The van der Waals surface area contributed by atoms with Crippen molar-refractivity contribution in [2.45, 2.75) is 31.8 Å². The number of para-hydroxylation sites is 1. The quantitative estimate of drug-likeness (QED) is 0.832. The fraction of sp³-hybridized carbons (Fsp3) is 0.533. The number of morpholine rings is 1. The summed E-state index contributed by atoms with van der Waals surface area (Å²) in [5.41, 5.74) is 1.06. The van der Waals surface area contributed by atoms with E-state index in [4.69, 9.17) is 9.47 Å². The van der Waals surface area contributed by atoms with E-state index in [0.717, 1.165) is 24.2 Å². The summed E-state index contributed by atoms with van der Waals surface area (Å²) in [6.07, 6.45) is 2.11. The first-order valence-electron chi connectivity index (χ1n) is 6.83. The monoisotopic (exact) mass is 261 g/mol. The first-order valence-corrected chi connectivity index (χ1v) is 6.83. The predicted molar refractivity (Wildman–Crippen MR) is 71.1 cm³/mol. The summed E-state index contributed by atoms with van der Waals surface area (Å²) >= 11 is 0. The highest BCUT2D eigenvalue weighted by molar-refractivity contribution is 5.79. The molecule has 3 rings (SSSR count). The van der Waals surface area contributed by atoms with Gasteiger partial charge in [0.2, 0.25) is 0 Å². The largest absolute Gasteiger partial charge is 0.484 e. The van der Waals surface area contributed by atoms with Gasteiger partial charge in [-0.05, 0) is 31.4 Å². The second kappa shape index (κ2) is 5.21. The van der Waals surface area contributed by atoms with Crippen molar-refractivity contribution >= 4 is 5.91 Å². The van der Waals surface area contributed by atoms with Crippen LogP contribution in [0.2, 0.25) is 0 Å². The lowest BCUT2D eigenvalue weighted by atomic mass is 10.2. The van der Waals surface area contributed by atoms with Gasteiger partial charge in [0, 0.05) is 0 Å². The van der Waals surface area contributed by atoms with Gasteiger partial charge in [0.1, 0.15) is 5.75 Å². The van der Waals surface area contributed by atoms with E-state index in [9.17, 15) is 4.79 Å². The lowest BCUT2D eigenvalue weighted by Gasteiger charge is -2.34. The third-order valence-electron chi connectivity index (χ3n) is 3.97. The average molecular weight is 261 g/mol. The zero-order chi connectivity index (χ0) is 13.2. The average Bonchev–Trinajstić information content (AvgIpc) is 2.67. The van der Waals surface area contributed by atoms with Crippen LogP contribution in [-0.2, 0) is 9.53 Å². The number of carbonyl (C=O) groups excluding carboxylic acids is 1. The fourth-order valence-corrected chi connectivity index (χ4v) is 2.97. The minimum Gasteiger partial charge on any atom is -0.484 e. The molecule has 4 heteroatoms. The smallest absolute Gasteiger partial charge is 0.261 e. The van der Waals surface area contributed by atoms with Gasteiger partial charge in [-0.1, -0.05) is 18.2 Å². The van der Waals surface area contributed by atoms with Gasteiger partial charge in [0.25, 0.3) is 5.91 Å². The van der Waals surface area contributed by atoms with Crippen molar-refractivity contribution in [3.63, 3.8) is 0 Å². The zero-order valence-corrected chi connectivity index (χ0v) is 11.2. The number of aryl methyl sites for hydroxylation is 1. The molecule has 1 aromatic rings. The molecule has 0 N–H and O–H groups in total.